The molecule has 0 saturated carbocycles. The first-order valence-corrected chi connectivity index (χ1v) is 30.2. The monoisotopic (exact) mass is 1090 g/mol. The Kier molecular flexibility index (Phi) is 12.3. The third-order valence-electron chi connectivity index (χ3n) is 18.7. The molecule has 0 fully saturated rings. The van der Waals surface area contributed by atoms with Gasteiger partial charge in [0.05, 0.1) is 17.1 Å². The minimum absolute atomic E-state index is 0.0229. The van der Waals surface area contributed by atoms with Crippen LogP contribution in [0.4, 0.5) is 0 Å². The molecule has 0 spiro atoms. The summed E-state index contributed by atoms with van der Waals surface area (Å²) in [4.78, 5) is 5.50. The molecule has 0 aliphatic heterocycles. The lowest BCUT2D eigenvalue weighted by molar-refractivity contribution is 0.596. The molecule has 0 amide bonds. The van der Waals surface area contributed by atoms with Crippen molar-refractivity contribution >= 4 is 44.9 Å². The second-order valence-corrected chi connectivity index (χ2v) is 24.1. The Morgan fingerprint density at radius 1 is 0.447 bits per heavy atom. The van der Waals surface area contributed by atoms with Crippen molar-refractivity contribution in [3.05, 3.63) is 318 Å². The van der Waals surface area contributed by atoms with Gasteiger partial charge in [-0.15, -0.1) is 0 Å². The summed E-state index contributed by atoms with van der Waals surface area (Å²) in [5, 5.41) is 1.38. The van der Waals surface area contributed by atoms with Gasteiger partial charge < -0.3 is 4.57 Å². The maximum Gasteiger partial charge on any atom is 0.145 e. The largest absolute Gasteiger partial charge is 0.333 e. The summed E-state index contributed by atoms with van der Waals surface area (Å²) in [7, 11) is 0. The molecule has 2 atom stereocenters. The van der Waals surface area contributed by atoms with Crippen LogP contribution >= 0.6 is 0 Å². The normalized spacial score (nSPS) is 16.7. The fourth-order valence-corrected chi connectivity index (χ4v) is 14.5. The lowest BCUT2D eigenvalue weighted by atomic mass is 9.76. The molecular formula is C82H63N3. The van der Waals surface area contributed by atoms with Crippen molar-refractivity contribution in [3.63, 3.8) is 0 Å². The van der Waals surface area contributed by atoms with Crippen LogP contribution < -0.4 is 0 Å². The average Bonchev–Trinajstić information content (AvgIpc) is 4.10. The fraction of sp³-hybridized carbons (Fsp3) is 0.110. The van der Waals surface area contributed by atoms with Crippen LogP contribution in [0.1, 0.15) is 78.8 Å². The van der Waals surface area contributed by atoms with Crippen molar-refractivity contribution in [1.82, 2.24) is 14.1 Å². The predicted octanol–water partition coefficient (Wildman–Crippen LogP) is 21.3. The van der Waals surface area contributed by atoms with E-state index >= 15 is 0 Å². The quantitative estimate of drug-likeness (QED) is 0.134. The van der Waals surface area contributed by atoms with Gasteiger partial charge in [0.2, 0.25) is 0 Å². The standard InChI is InChI=1S/C82H63N3/c1-82(2)75-34-17-15-32-71(75)73-52-74-72-33-16-19-36-78(72)84(80(74)53-76(73)82)69-40-38-58(39-41-69)81-83-77-35-18-20-37-79(77)85(81)70-31-21-30-59(51-70)64-48-67(65-44-60(54-22-7-3-8-23-54)42-61(45-65)55-24-9-4-10-25-55)50-68(49-64)66-46-62(56-26-11-5-12-27-56)43-63(47-66)57-28-13-6-14-29-57/h3-20,22-30,32-40,42-51,53,69,73H,21,31,41,52H2,1-2H3. The molecule has 4 aliphatic carbocycles. The van der Waals surface area contributed by atoms with Crippen LogP contribution in [0, 0.1) is 0 Å². The van der Waals surface area contributed by atoms with Crippen LogP contribution in [0.5, 0.6) is 0 Å². The Morgan fingerprint density at radius 2 is 0.929 bits per heavy atom. The number of aromatic nitrogens is 3. The van der Waals surface area contributed by atoms with Crippen LogP contribution in [0.25, 0.3) is 112 Å². The van der Waals surface area contributed by atoms with Crippen molar-refractivity contribution in [2.45, 2.75) is 56.9 Å². The number of benzene rings is 10. The minimum atomic E-state index is -0.0229. The Labute approximate surface area is 498 Å². The van der Waals surface area contributed by atoms with E-state index in [1.54, 1.807) is 0 Å². The lowest BCUT2D eigenvalue weighted by Crippen LogP contribution is -2.20. The fourth-order valence-electron chi connectivity index (χ4n) is 14.5. The second-order valence-electron chi connectivity index (χ2n) is 24.1. The van der Waals surface area contributed by atoms with E-state index in [9.17, 15) is 0 Å². The second kappa shape index (κ2) is 20.7. The Hall–Kier alpha value is -10.1. The number of imidazole rings is 1. The summed E-state index contributed by atoms with van der Waals surface area (Å²) in [6.45, 7) is 4.85. The lowest BCUT2D eigenvalue weighted by Gasteiger charge is -2.29. The SMILES string of the molecule is CC1(C)C2=Cc3c(c4ccccc4n3C3C=CC(c4nc5ccccc5n4C4=CC(c5cc(-c6cc(-c7ccccc7)cc(-c7ccccc7)c6)cc(-c6cc(-c7ccccc7)cc(-c7ccccc7)c6)c5)=CCC4)=CC3)CC2c2ccccc21. The molecule has 0 saturated heterocycles. The van der Waals surface area contributed by atoms with Gasteiger partial charge in [0.15, 0.2) is 0 Å². The third-order valence-corrected chi connectivity index (χ3v) is 18.7. The van der Waals surface area contributed by atoms with E-state index in [1.165, 1.54) is 122 Å². The molecule has 85 heavy (non-hydrogen) atoms. The summed E-state index contributed by atoms with van der Waals surface area (Å²) >= 11 is 0. The van der Waals surface area contributed by atoms with Gasteiger partial charge in [-0.3, -0.25) is 4.57 Å². The summed E-state index contributed by atoms with van der Waals surface area (Å²) in [6, 6.07) is 91.9. The molecule has 0 bridgehead atoms. The average molecular weight is 1090 g/mol. The molecule has 0 radical (unpaired) electrons. The van der Waals surface area contributed by atoms with E-state index in [0.717, 1.165) is 48.1 Å². The van der Waals surface area contributed by atoms with Crippen molar-refractivity contribution < 1.29 is 0 Å². The van der Waals surface area contributed by atoms with Crippen LogP contribution in [0.2, 0.25) is 0 Å². The van der Waals surface area contributed by atoms with E-state index in [4.69, 9.17) is 4.98 Å². The first kappa shape index (κ1) is 50.6. The van der Waals surface area contributed by atoms with Crippen LogP contribution in [-0.4, -0.2) is 14.1 Å². The molecule has 3 heteroatoms. The molecule has 0 N–H and O–H groups in total. The highest BCUT2D eigenvalue weighted by molar-refractivity contribution is 5.95. The zero-order chi connectivity index (χ0) is 56.6. The molecule has 2 aromatic heterocycles. The van der Waals surface area contributed by atoms with Gasteiger partial charge in [0.25, 0.3) is 0 Å². The summed E-state index contributed by atoms with van der Waals surface area (Å²) in [5.74, 6) is 1.40. The molecule has 3 nitrogen and oxygen atoms in total. The van der Waals surface area contributed by atoms with Crippen molar-refractivity contribution in [2.24, 2.45) is 0 Å². The number of hydrogen-bond donors (Lipinski definition) is 0. The summed E-state index contributed by atoms with van der Waals surface area (Å²) < 4.78 is 5.11. The predicted molar refractivity (Wildman–Crippen MR) is 357 cm³/mol. The molecule has 10 aromatic carbocycles. The maximum absolute atomic E-state index is 5.50. The van der Waals surface area contributed by atoms with E-state index in [2.05, 4.69) is 308 Å². The van der Waals surface area contributed by atoms with Gasteiger partial charge in [-0.1, -0.05) is 220 Å². The number of fused-ring (bicyclic) bond motifs is 7. The summed E-state index contributed by atoms with van der Waals surface area (Å²) in [6.07, 6.45) is 18.4. The summed E-state index contributed by atoms with van der Waals surface area (Å²) in [5.41, 5.74) is 29.8. The van der Waals surface area contributed by atoms with Crippen LogP contribution in [0.3, 0.4) is 0 Å². The topological polar surface area (TPSA) is 22.8 Å². The molecule has 2 unspecified atom stereocenters. The molecular weight excluding hydrogens is 1030 g/mol. The van der Waals surface area contributed by atoms with E-state index in [0.29, 0.717) is 5.92 Å². The molecule has 16 rings (SSSR count). The number of hydrogen-bond acceptors (Lipinski definition) is 1. The Balaban J connectivity index is 0.815. The van der Waals surface area contributed by atoms with Crippen LogP contribution in [-0.2, 0) is 11.8 Å². The zero-order valence-electron chi connectivity index (χ0n) is 48.0. The van der Waals surface area contributed by atoms with Crippen molar-refractivity contribution in [2.75, 3.05) is 0 Å². The molecule has 4 aliphatic rings. The van der Waals surface area contributed by atoms with Gasteiger partial charge in [-0.2, -0.15) is 0 Å². The molecule has 406 valence electrons. The van der Waals surface area contributed by atoms with Gasteiger partial charge in [0, 0.05) is 39.2 Å². The van der Waals surface area contributed by atoms with Gasteiger partial charge in [-0.25, -0.2) is 4.98 Å². The molecule has 12 aromatic rings. The third kappa shape index (κ3) is 8.93. The highest BCUT2D eigenvalue weighted by atomic mass is 15.1. The van der Waals surface area contributed by atoms with E-state index in [-0.39, 0.29) is 11.5 Å². The Bertz CT molecular complexity index is 4510. The first-order valence-electron chi connectivity index (χ1n) is 30.2. The number of allylic oxidation sites excluding steroid dienone is 9. The Morgan fingerprint density at radius 3 is 1.48 bits per heavy atom. The van der Waals surface area contributed by atoms with Crippen molar-refractivity contribution in [1.29, 1.82) is 0 Å². The van der Waals surface area contributed by atoms with E-state index in [1.807, 2.05) is 0 Å². The number of nitrogens with zero attached hydrogens (tertiary/aromatic N) is 3. The van der Waals surface area contributed by atoms with Gasteiger partial charge in [0.1, 0.15) is 5.82 Å². The van der Waals surface area contributed by atoms with Gasteiger partial charge in [-0.05, 0) is 205 Å². The van der Waals surface area contributed by atoms with Crippen molar-refractivity contribution in [3.8, 4) is 66.8 Å². The van der Waals surface area contributed by atoms with E-state index < -0.39 is 0 Å². The maximum atomic E-state index is 5.50. The first-order chi connectivity index (χ1) is 41.9. The minimum Gasteiger partial charge on any atom is -0.333 e. The zero-order valence-corrected chi connectivity index (χ0v) is 48.0. The molecule has 2 heterocycles. The number of rotatable bonds is 10. The smallest absolute Gasteiger partial charge is 0.145 e. The van der Waals surface area contributed by atoms with Gasteiger partial charge >= 0.3 is 0 Å². The van der Waals surface area contributed by atoms with Crippen LogP contribution in [0.15, 0.2) is 285 Å². The highest BCUT2D eigenvalue weighted by Gasteiger charge is 2.44. The highest BCUT2D eigenvalue weighted by Crippen LogP contribution is 2.56. The number of para-hydroxylation sites is 3.